The average molecular weight is 310 g/mol. The van der Waals surface area contributed by atoms with Gasteiger partial charge < -0.3 is 14.6 Å². The van der Waals surface area contributed by atoms with Gasteiger partial charge in [-0.2, -0.15) is 0 Å². The number of carbonyl (C=O) groups is 2. The van der Waals surface area contributed by atoms with Gasteiger partial charge in [0.25, 0.3) is 0 Å². The molecule has 0 radical (unpaired) electrons. The smallest absolute Gasteiger partial charge is 0.243 e. The van der Waals surface area contributed by atoms with Gasteiger partial charge in [-0.15, -0.1) is 11.8 Å². The predicted molar refractivity (Wildman–Crippen MR) is 82.7 cm³/mol. The molecule has 116 valence electrons. The highest BCUT2D eigenvalue weighted by Crippen LogP contribution is 2.27. The van der Waals surface area contributed by atoms with Crippen molar-refractivity contribution in [2.24, 2.45) is 5.41 Å². The number of thioether (sulfide) groups is 1. The van der Waals surface area contributed by atoms with Gasteiger partial charge in [-0.25, -0.2) is 0 Å². The van der Waals surface area contributed by atoms with Gasteiger partial charge in [0, 0.05) is 23.3 Å². The minimum absolute atomic E-state index is 0.0205. The molecular weight excluding hydrogens is 288 g/mol. The fourth-order valence-corrected chi connectivity index (χ4v) is 3.34. The zero-order valence-corrected chi connectivity index (χ0v) is 13.8. The Hall–Kier alpha value is -1.43. The Morgan fingerprint density at radius 2 is 2.19 bits per heavy atom. The second kappa shape index (κ2) is 6.13. The first kappa shape index (κ1) is 15.9. The highest BCUT2D eigenvalue weighted by Gasteiger charge is 2.38. The highest BCUT2D eigenvalue weighted by atomic mass is 32.2. The normalized spacial score (nSPS) is 18.9. The van der Waals surface area contributed by atoms with E-state index in [-0.39, 0.29) is 17.9 Å². The molecule has 1 aliphatic rings. The summed E-state index contributed by atoms with van der Waals surface area (Å²) in [5.74, 6) is 1.96. The molecule has 0 saturated carbocycles. The maximum Gasteiger partial charge on any atom is 0.243 e. The first-order valence-electron chi connectivity index (χ1n) is 7.00. The van der Waals surface area contributed by atoms with Crippen LogP contribution in [-0.4, -0.2) is 34.4 Å². The lowest BCUT2D eigenvalue weighted by Gasteiger charge is -2.29. The largest absolute Gasteiger partial charge is 0.469 e. The summed E-state index contributed by atoms with van der Waals surface area (Å²) in [4.78, 5) is 26.4. The topological polar surface area (TPSA) is 62.6 Å². The summed E-state index contributed by atoms with van der Waals surface area (Å²) >= 11 is 1.62. The Balaban J connectivity index is 1.98. The van der Waals surface area contributed by atoms with Crippen LogP contribution in [0.4, 0.5) is 0 Å². The molecule has 1 aromatic heterocycles. The molecule has 2 heterocycles. The van der Waals surface area contributed by atoms with Crippen LogP contribution in [0, 0.1) is 12.3 Å². The number of furan rings is 1. The zero-order chi connectivity index (χ0) is 15.6. The van der Waals surface area contributed by atoms with Crippen LogP contribution in [0.5, 0.6) is 0 Å². The molecule has 0 bridgehead atoms. The number of amides is 2. The molecule has 5 nitrogen and oxygen atoms in total. The van der Waals surface area contributed by atoms with E-state index in [2.05, 4.69) is 5.32 Å². The van der Waals surface area contributed by atoms with E-state index in [1.165, 1.54) is 0 Å². The van der Waals surface area contributed by atoms with Crippen molar-refractivity contribution in [2.75, 3.05) is 11.6 Å². The maximum absolute atomic E-state index is 12.4. The number of rotatable bonds is 3. The molecule has 1 aliphatic heterocycles. The first-order valence-corrected chi connectivity index (χ1v) is 8.15. The standard InChI is InChI=1S/C15H22N2O3S/c1-10-11(5-6-20-10)7-16-13(18)12-8-21-9-17(12)14(19)15(2,3)4/h5-6,12H,7-9H2,1-4H3,(H,16,18). The third-order valence-corrected chi connectivity index (χ3v) is 4.52. The minimum Gasteiger partial charge on any atom is -0.469 e. The van der Waals surface area contributed by atoms with Gasteiger partial charge in [0.2, 0.25) is 11.8 Å². The van der Waals surface area contributed by atoms with Crippen LogP contribution in [0.15, 0.2) is 16.7 Å². The molecule has 0 aromatic carbocycles. The first-order chi connectivity index (χ1) is 9.80. The lowest BCUT2D eigenvalue weighted by atomic mass is 9.94. The molecule has 1 fully saturated rings. The van der Waals surface area contributed by atoms with Crippen molar-refractivity contribution in [2.45, 2.75) is 40.3 Å². The molecule has 2 rings (SSSR count). The Morgan fingerprint density at radius 3 is 2.76 bits per heavy atom. The van der Waals surface area contributed by atoms with Crippen LogP contribution in [0.2, 0.25) is 0 Å². The monoisotopic (exact) mass is 310 g/mol. The molecule has 1 atom stereocenters. The van der Waals surface area contributed by atoms with Crippen LogP contribution in [-0.2, 0) is 16.1 Å². The Kier molecular flexibility index (Phi) is 4.66. The van der Waals surface area contributed by atoms with Gasteiger partial charge >= 0.3 is 0 Å². The summed E-state index contributed by atoms with van der Waals surface area (Å²) in [7, 11) is 0. The van der Waals surface area contributed by atoms with Crippen molar-refractivity contribution in [3.05, 3.63) is 23.7 Å². The highest BCUT2D eigenvalue weighted by molar-refractivity contribution is 7.99. The lowest BCUT2D eigenvalue weighted by Crippen LogP contribution is -2.50. The van der Waals surface area contributed by atoms with Crippen LogP contribution in [0.1, 0.15) is 32.1 Å². The average Bonchev–Trinajstić information content (AvgIpc) is 3.02. The Bertz CT molecular complexity index is 533. The third-order valence-electron chi connectivity index (χ3n) is 3.51. The van der Waals surface area contributed by atoms with Crippen LogP contribution in [0.3, 0.4) is 0 Å². The van der Waals surface area contributed by atoms with Crippen LogP contribution in [0.25, 0.3) is 0 Å². The van der Waals surface area contributed by atoms with Crippen molar-refractivity contribution < 1.29 is 14.0 Å². The number of aryl methyl sites for hydroxylation is 1. The fourth-order valence-electron chi connectivity index (χ4n) is 2.19. The van der Waals surface area contributed by atoms with E-state index in [1.54, 1.807) is 22.9 Å². The minimum atomic E-state index is -0.468. The van der Waals surface area contributed by atoms with Crippen molar-refractivity contribution in [3.8, 4) is 0 Å². The van der Waals surface area contributed by atoms with E-state index in [9.17, 15) is 9.59 Å². The van der Waals surface area contributed by atoms with Gasteiger partial charge in [0.1, 0.15) is 11.8 Å². The SMILES string of the molecule is Cc1occc1CNC(=O)C1CSCN1C(=O)C(C)(C)C. The quantitative estimate of drug-likeness (QED) is 0.929. The number of hydrogen-bond donors (Lipinski definition) is 1. The van der Waals surface area contributed by atoms with E-state index in [4.69, 9.17) is 4.42 Å². The van der Waals surface area contributed by atoms with E-state index in [0.717, 1.165) is 11.3 Å². The predicted octanol–water partition coefficient (Wildman–Crippen LogP) is 2.15. The summed E-state index contributed by atoms with van der Waals surface area (Å²) in [5, 5.41) is 2.90. The van der Waals surface area contributed by atoms with Gasteiger partial charge in [0.05, 0.1) is 12.1 Å². The summed E-state index contributed by atoms with van der Waals surface area (Å²) in [6, 6.07) is 1.46. The second-order valence-electron chi connectivity index (χ2n) is 6.26. The molecular formula is C15H22N2O3S. The molecule has 1 N–H and O–H groups in total. The zero-order valence-electron chi connectivity index (χ0n) is 12.9. The van der Waals surface area contributed by atoms with Crippen molar-refractivity contribution in [1.82, 2.24) is 10.2 Å². The summed E-state index contributed by atoms with van der Waals surface area (Å²) in [6.45, 7) is 7.93. The van der Waals surface area contributed by atoms with Gasteiger partial charge in [-0.1, -0.05) is 20.8 Å². The maximum atomic E-state index is 12.4. The van der Waals surface area contributed by atoms with Gasteiger partial charge in [-0.3, -0.25) is 9.59 Å². The Morgan fingerprint density at radius 1 is 1.48 bits per heavy atom. The third kappa shape index (κ3) is 3.61. The van der Waals surface area contributed by atoms with Crippen molar-refractivity contribution >= 4 is 23.6 Å². The summed E-state index contributed by atoms with van der Waals surface area (Å²) in [6.07, 6.45) is 1.61. The number of hydrogen-bond acceptors (Lipinski definition) is 4. The van der Waals surface area contributed by atoms with Gasteiger partial charge in [0.15, 0.2) is 0 Å². The fraction of sp³-hybridized carbons (Fsp3) is 0.600. The Labute approximate surface area is 129 Å². The summed E-state index contributed by atoms with van der Waals surface area (Å²) in [5.41, 5.74) is 0.493. The molecule has 0 aliphatic carbocycles. The van der Waals surface area contributed by atoms with Crippen molar-refractivity contribution in [3.63, 3.8) is 0 Å². The number of nitrogens with one attached hydrogen (secondary N) is 1. The van der Waals surface area contributed by atoms with E-state index >= 15 is 0 Å². The van der Waals surface area contributed by atoms with E-state index in [0.29, 0.717) is 18.2 Å². The van der Waals surface area contributed by atoms with Crippen LogP contribution < -0.4 is 5.32 Å². The number of carbonyl (C=O) groups excluding carboxylic acids is 2. The molecule has 6 heteroatoms. The molecule has 0 spiro atoms. The number of nitrogens with zero attached hydrogens (tertiary/aromatic N) is 1. The molecule has 1 aromatic rings. The van der Waals surface area contributed by atoms with E-state index < -0.39 is 5.41 Å². The lowest BCUT2D eigenvalue weighted by molar-refractivity contribution is -0.144. The molecule has 1 saturated heterocycles. The van der Waals surface area contributed by atoms with Crippen molar-refractivity contribution in [1.29, 1.82) is 0 Å². The summed E-state index contributed by atoms with van der Waals surface area (Å²) < 4.78 is 5.21. The van der Waals surface area contributed by atoms with Gasteiger partial charge in [-0.05, 0) is 13.0 Å². The molecule has 2 amide bonds. The second-order valence-corrected chi connectivity index (χ2v) is 7.26. The molecule has 1 unspecified atom stereocenters. The molecule has 21 heavy (non-hydrogen) atoms. The van der Waals surface area contributed by atoms with Crippen LogP contribution >= 0.6 is 11.8 Å². The van der Waals surface area contributed by atoms with E-state index in [1.807, 2.05) is 33.8 Å².